The van der Waals surface area contributed by atoms with Gasteiger partial charge < -0.3 is 10.2 Å². The number of aryl methyl sites for hydroxylation is 1. The maximum atomic E-state index is 4.18. The summed E-state index contributed by atoms with van der Waals surface area (Å²) in [5.41, 5.74) is 1.27. The van der Waals surface area contributed by atoms with Gasteiger partial charge in [-0.3, -0.25) is 4.68 Å². The zero-order chi connectivity index (χ0) is 9.26. The number of rotatable bonds is 1. The predicted molar refractivity (Wildman–Crippen MR) is 51.4 cm³/mol. The van der Waals surface area contributed by atoms with Crippen LogP contribution in [-0.4, -0.2) is 41.4 Å². The van der Waals surface area contributed by atoms with Gasteiger partial charge in [-0.15, -0.1) is 0 Å². The van der Waals surface area contributed by atoms with E-state index in [9.17, 15) is 0 Å². The Balaban J connectivity index is 2.12. The maximum Gasteiger partial charge on any atom is 0.0621 e. The second kappa shape index (κ2) is 3.47. The SMILES string of the molecule is CN1CCNC(c2ccnn2C)C1. The summed E-state index contributed by atoms with van der Waals surface area (Å²) in [5.74, 6) is 0. The van der Waals surface area contributed by atoms with Crippen LogP contribution in [-0.2, 0) is 7.05 Å². The van der Waals surface area contributed by atoms with Crippen molar-refractivity contribution in [1.29, 1.82) is 0 Å². The minimum absolute atomic E-state index is 0.436. The van der Waals surface area contributed by atoms with E-state index in [0.29, 0.717) is 6.04 Å². The van der Waals surface area contributed by atoms with Crippen LogP contribution in [0.4, 0.5) is 0 Å². The third-order valence-electron chi connectivity index (χ3n) is 2.59. The van der Waals surface area contributed by atoms with Crippen LogP contribution in [0.1, 0.15) is 11.7 Å². The van der Waals surface area contributed by atoms with Crippen LogP contribution in [0.3, 0.4) is 0 Å². The third-order valence-corrected chi connectivity index (χ3v) is 2.59. The van der Waals surface area contributed by atoms with Crippen LogP contribution in [0.15, 0.2) is 12.3 Å². The molecule has 1 aliphatic rings. The van der Waals surface area contributed by atoms with Gasteiger partial charge >= 0.3 is 0 Å². The maximum absolute atomic E-state index is 4.18. The standard InChI is InChI=1S/C9H16N4/c1-12-6-5-10-8(7-12)9-3-4-11-13(9)2/h3-4,8,10H,5-7H2,1-2H3. The lowest BCUT2D eigenvalue weighted by atomic mass is 10.1. The van der Waals surface area contributed by atoms with E-state index >= 15 is 0 Å². The molecule has 0 radical (unpaired) electrons. The van der Waals surface area contributed by atoms with Crippen LogP contribution >= 0.6 is 0 Å². The summed E-state index contributed by atoms with van der Waals surface area (Å²) in [5, 5.41) is 7.67. The molecular formula is C9H16N4. The van der Waals surface area contributed by atoms with Crippen molar-refractivity contribution in [2.24, 2.45) is 7.05 Å². The molecule has 1 saturated heterocycles. The molecule has 0 saturated carbocycles. The summed E-state index contributed by atoms with van der Waals surface area (Å²) in [4.78, 5) is 2.34. The average Bonchev–Trinajstić information content (AvgIpc) is 2.51. The highest BCUT2D eigenvalue weighted by Gasteiger charge is 2.19. The second-order valence-electron chi connectivity index (χ2n) is 3.65. The van der Waals surface area contributed by atoms with Crippen LogP contribution < -0.4 is 5.32 Å². The highest BCUT2D eigenvalue weighted by molar-refractivity contribution is 5.08. The monoisotopic (exact) mass is 180 g/mol. The van der Waals surface area contributed by atoms with E-state index in [2.05, 4.69) is 28.4 Å². The molecule has 1 fully saturated rings. The molecule has 1 unspecified atom stereocenters. The van der Waals surface area contributed by atoms with Gasteiger partial charge in [-0.25, -0.2) is 0 Å². The van der Waals surface area contributed by atoms with Crippen molar-refractivity contribution in [3.8, 4) is 0 Å². The largest absolute Gasteiger partial charge is 0.306 e. The predicted octanol–water partition coefficient (Wildman–Crippen LogP) is -0.00380. The second-order valence-corrected chi connectivity index (χ2v) is 3.65. The third kappa shape index (κ3) is 1.73. The fourth-order valence-corrected chi connectivity index (χ4v) is 1.82. The molecule has 4 nitrogen and oxygen atoms in total. The molecule has 0 aromatic carbocycles. The molecule has 2 rings (SSSR count). The Labute approximate surface area is 78.5 Å². The fourth-order valence-electron chi connectivity index (χ4n) is 1.82. The summed E-state index contributed by atoms with van der Waals surface area (Å²) in [6, 6.07) is 2.52. The van der Waals surface area contributed by atoms with Crippen LogP contribution in [0, 0.1) is 0 Å². The van der Waals surface area contributed by atoms with E-state index < -0.39 is 0 Å². The molecule has 13 heavy (non-hydrogen) atoms. The van der Waals surface area contributed by atoms with Gasteiger partial charge in [0.05, 0.1) is 11.7 Å². The molecule has 4 heteroatoms. The number of hydrogen-bond donors (Lipinski definition) is 1. The highest BCUT2D eigenvalue weighted by atomic mass is 15.3. The average molecular weight is 180 g/mol. The molecule has 0 spiro atoms. The van der Waals surface area contributed by atoms with Crippen LogP contribution in [0.25, 0.3) is 0 Å². The molecule has 0 bridgehead atoms. The summed E-state index contributed by atoms with van der Waals surface area (Å²) in [7, 11) is 4.15. The number of nitrogens with zero attached hydrogens (tertiary/aromatic N) is 3. The molecule has 0 aliphatic carbocycles. The Morgan fingerprint density at radius 3 is 3.00 bits per heavy atom. The molecule has 1 aromatic heterocycles. The van der Waals surface area contributed by atoms with Crippen molar-refractivity contribution >= 4 is 0 Å². The van der Waals surface area contributed by atoms with E-state index in [1.165, 1.54) is 5.69 Å². The Bertz CT molecular complexity index is 281. The van der Waals surface area contributed by atoms with Gasteiger partial charge in [-0.2, -0.15) is 5.10 Å². The van der Waals surface area contributed by atoms with Crippen molar-refractivity contribution in [3.05, 3.63) is 18.0 Å². The molecule has 2 heterocycles. The Morgan fingerprint density at radius 1 is 1.54 bits per heavy atom. The molecule has 1 N–H and O–H groups in total. The first-order valence-corrected chi connectivity index (χ1v) is 4.67. The van der Waals surface area contributed by atoms with E-state index in [-0.39, 0.29) is 0 Å². The first-order valence-electron chi connectivity index (χ1n) is 4.67. The summed E-state index contributed by atoms with van der Waals surface area (Å²) >= 11 is 0. The molecule has 1 aromatic rings. The minimum atomic E-state index is 0.436. The first kappa shape index (κ1) is 8.72. The summed E-state index contributed by atoms with van der Waals surface area (Å²) < 4.78 is 1.94. The number of aromatic nitrogens is 2. The number of piperazine rings is 1. The van der Waals surface area contributed by atoms with E-state index in [0.717, 1.165) is 19.6 Å². The van der Waals surface area contributed by atoms with E-state index in [1.807, 2.05) is 17.9 Å². The van der Waals surface area contributed by atoms with Crippen LogP contribution in [0.5, 0.6) is 0 Å². The first-order chi connectivity index (χ1) is 6.27. The molecule has 1 atom stereocenters. The summed E-state index contributed by atoms with van der Waals surface area (Å²) in [6.45, 7) is 3.26. The number of nitrogens with one attached hydrogen (secondary N) is 1. The minimum Gasteiger partial charge on any atom is -0.306 e. The number of likely N-dealkylation sites (N-methyl/N-ethyl adjacent to an activating group) is 1. The zero-order valence-electron chi connectivity index (χ0n) is 8.20. The van der Waals surface area contributed by atoms with Gasteiger partial charge in [0.15, 0.2) is 0 Å². The van der Waals surface area contributed by atoms with Crippen molar-refractivity contribution in [1.82, 2.24) is 20.0 Å². The van der Waals surface area contributed by atoms with E-state index in [1.54, 1.807) is 0 Å². The van der Waals surface area contributed by atoms with Crippen molar-refractivity contribution in [2.45, 2.75) is 6.04 Å². The van der Waals surface area contributed by atoms with E-state index in [4.69, 9.17) is 0 Å². The van der Waals surface area contributed by atoms with Crippen molar-refractivity contribution in [3.63, 3.8) is 0 Å². The lowest BCUT2D eigenvalue weighted by molar-refractivity contribution is 0.235. The zero-order valence-corrected chi connectivity index (χ0v) is 8.20. The quantitative estimate of drug-likeness (QED) is 0.660. The van der Waals surface area contributed by atoms with Gasteiger partial charge in [-0.05, 0) is 13.1 Å². The molecule has 1 aliphatic heterocycles. The normalized spacial score (nSPS) is 24.9. The molecular weight excluding hydrogens is 164 g/mol. The van der Waals surface area contributed by atoms with Gasteiger partial charge in [-0.1, -0.05) is 0 Å². The van der Waals surface area contributed by atoms with Gasteiger partial charge in [0.25, 0.3) is 0 Å². The smallest absolute Gasteiger partial charge is 0.0621 e. The fraction of sp³-hybridized carbons (Fsp3) is 0.667. The lowest BCUT2D eigenvalue weighted by Gasteiger charge is -2.30. The lowest BCUT2D eigenvalue weighted by Crippen LogP contribution is -2.44. The molecule has 72 valence electrons. The topological polar surface area (TPSA) is 33.1 Å². The van der Waals surface area contributed by atoms with Crippen LogP contribution in [0.2, 0.25) is 0 Å². The number of hydrogen-bond acceptors (Lipinski definition) is 3. The molecule has 0 amide bonds. The Hall–Kier alpha value is -0.870. The van der Waals surface area contributed by atoms with Crippen molar-refractivity contribution < 1.29 is 0 Å². The van der Waals surface area contributed by atoms with Crippen molar-refractivity contribution in [2.75, 3.05) is 26.7 Å². The van der Waals surface area contributed by atoms with Gasteiger partial charge in [0.2, 0.25) is 0 Å². The van der Waals surface area contributed by atoms with Gasteiger partial charge in [0.1, 0.15) is 0 Å². The highest BCUT2D eigenvalue weighted by Crippen LogP contribution is 2.14. The Kier molecular flexibility index (Phi) is 2.33. The Morgan fingerprint density at radius 2 is 2.38 bits per heavy atom. The summed E-state index contributed by atoms with van der Waals surface area (Å²) in [6.07, 6.45) is 1.85. The van der Waals surface area contributed by atoms with Gasteiger partial charge in [0, 0.05) is 32.9 Å².